The van der Waals surface area contributed by atoms with Crippen LogP contribution in [0.3, 0.4) is 0 Å². The first kappa shape index (κ1) is 20.9. The summed E-state index contributed by atoms with van der Waals surface area (Å²) in [5.74, 6) is -0.373. The maximum absolute atomic E-state index is 12.2. The minimum Gasteiger partial charge on any atom is -0.453 e. The van der Waals surface area contributed by atoms with Crippen molar-refractivity contribution in [2.75, 3.05) is 58.3 Å². The quantitative estimate of drug-likeness (QED) is 0.694. The first-order chi connectivity index (χ1) is 13.8. The first-order valence-electron chi connectivity index (χ1n) is 9.78. The highest BCUT2D eigenvalue weighted by Crippen LogP contribution is 2.26. The molecule has 0 radical (unpaired) electrons. The van der Waals surface area contributed by atoms with Crippen LogP contribution in [0.25, 0.3) is 5.57 Å². The summed E-state index contributed by atoms with van der Waals surface area (Å²) < 4.78 is 5.29. The third-order valence-corrected chi connectivity index (χ3v) is 5.01. The fraction of sp³-hybridized carbons (Fsp3) is 0.476. The Bertz CT molecular complexity index is 795. The number of nitrogens with zero attached hydrogens (tertiary/aromatic N) is 3. The van der Waals surface area contributed by atoms with E-state index in [1.807, 2.05) is 48.2 Å². The zero-order valence-corrected chi connectivity index (χ0v) is 17.2. The monoisotopic (exact) mass is 400 g/mol. The third kappa shape index (κ3) is 5.35. The Balaban J connectivity index is 1.58. The van der Waals surface area contributed by atoms with Gasteiger partial charge in [-0.1, -0.05) is 12.1 Å². The van der Waals surface area contributed by atoms with Gasteiger partial charge >= 0.3 is 5.97 Å². The van der Waals surface area contributed by atoms with E-state index in [0.29, 0.717) is 25.2 Å². The molecule has 2 aliphatic rings. The number of piperazine rings is 1. The topological polar surface area (TPSA) is 82.2 Å². The molecule has 2 aliphatic heterocycles. The highest BCUT2D eigenvalue weighted by atomic mass is 16.5. The molecule has 0 saturated carbocycles. The number of likely N-dealkylation sites (N-methyl/N-ethyl adjacent to an activating group) is 1. The summed E-state index contributed by atoms with van der Waals surface area (Å²) in [6.45, 7) is 5.11. The predicted octanol–water partition coefficient (Wildman–Crippen LogP) is 0.342. The van der Waals surface area contributed by atoms with Crippen LogP contribution in [-0.2, 0) is 19.1 Å². The fourth-order valence-corrected chi connectivity index (χ4v) is 3.48. The molecule has 8 nitrogen and oxygen atoms in total. The fourth-order valence-electron chi connectivity index (χ4n) is 3.48. The molecular formula is C21H28N4O4. The standard InChI is InChI=1S/C21H28N4O4/c1-15(26)22-13-18-12-19(21(28)29-18)16-4-6-17(7-5-16)24-8-10-25(11-9-24)20(27)14-23(2)3/h4-7,12,18H,8-11,13-14H2,1-3H3,(H,22,26)/t18-/m1/s1. The minimum absolute atomic E-state index is 0.157. The van der Waals surface area contributed by atoms with E-state index in [-0.39, 0.29) is 24.3 Å². The van der Waals surface area contributed by atoms with E-state index in [9.17, 15) is 14.4 Å². The van der Waals surface area contributed by atoms with Gasteiger partial charge in [0.2, 0.25) is 11.8 Å². The van der Waals surface area contributed by atoms with Crippen molar-refractivity contribution in [2.24, 2.45) is 0 Å². The van der Waals surface area contributed by atoms with Gasteiger partial charge < -0.3 is 24.8 Å². The lowest BCUT2D eigenvalue weighted by molar-refractivity contribution is -0.138. The number of anilines is 1. The second-order valence-corrected chi connectivity index (χ2v) is 7.61. The Morgan fingerprint density at radius 2 is 1.79 bits per heavy atom. The highest BCUT2D eigenvalue weighted by molar-refractivity contribution is 6.18. The number of carbonyl (C=O) groups is 3. The van der Waals surface area contributed by atoms with E-state index < -0.39 is 6.10 Å². The van der Waals surface area contributed by atoms with E-state index in [1.165, 1.54) is 6.92 Å². The summed E-state index contributed by atoms with van der Waals surface area (Å²) in [7, 11) is 3.79. The molecule has 1 saturated heterocycles. The Labute approximate surface area is 171 Å². The number of carbonyl (C=O) groups excluding carboxylic acids is 3. The van der Waals surface area contributed by atoms with Crippen molar-refractivity contribution in [2.45, 2.75) is 13.0 Å². The van der Waals surface area contributed by atoms with E-state index in [2.05, 4.69) is 10.2 Å². The van der Waals surface area contributed by atoms with Crippen molar-refractivity contribution in [1.82, 2.24) is 15.1 Å². The summed E-state index contributed by atoms with van der Waals surface area (Å²) in [6.07, 6.45) is 1.32. The van der Waals surface area contributed by atoms with E-state index >= 15 is 0 Å². The summed E-state index contributed by atoms with van der Waals surface area (Å²) in [5.41, 5.74) is 2.38. The van der Waals surface area contributed by atoms with Crippen molar-refractivity contribution in [3.63, 3.8) is 0 Å². The van der Waals surface area contributed by atoms with Gasteiger partial charge in [-0.15, -0.1) is 0 Å². The number of hydrogen-bond donors (Lipinski definition) is 1. The van der Waals surface area contributed by atoms with E-state index in [0.717, 1.165) is 24.3 Å². The van der Waals surface area contributed by atoms with Crippen LogP contribution < -0.4 is 10.2 Å². The molecular weight excluding hydrogens is 372 g/mol. The molecule has 3 rings (SSSR count). The third-order valence-electron chi connectivity index (χ3n) is 5.01. The summed E-state index contributed by atoms with van der Waals surface area (Å²) in [5, 5.41) is 2.66. The molecule has 1 atom stereocenters. The second-order valence-electron chi connectivity index (χ2n) is 7.61. The maximum atomic E-state index is 12.2. The molecule has 0 aliphatic carbocycles. The Morgan fingerprint density at radius 3 is 2.38 bits per heavy atom. The largest absolute Gasteiger partial charge is 0.453 e. The predicted molar refractivity (Wildman–Crippen MR) is 110 cm³/mol. The second kappa shape index (κ2) is 9.09. The van der Waals surface area contributed by atoms with Gasteiger partial charge in [-0.2, -0.15) is 0 Å². The molecule has 0 unspecified atom stereocenters. The van der Waals surface area contributed by atoms with Gasteiger partial charge in [-0.05, 0) is 37.9 Å². The number of hydrogen-bond acceptors (Lipinski definition) is 6. The number of cyclic esters (lactones) is 1. The van der Waals surface area contributed by atoms with Crippen LogP contribution in [0.4, 0.5) is 5.69 Å². The molecule has 1 fully saturated rings. The van der Waals surface area contributed by atoms with Crippen LogP contribution in [0.1, 0.15) is 12.5 Å². The number of ether oxygens (including phenoxy) is 1. The minimum atomic E-state index is -0.436. The maximum Gasteiger partial charge on any atom is 0.339 e. The molecule has 0 aromatic heterocycles. The normalized spacial score (nSPS) is 19.2. The average molecular weight is 400 g/mol. The smallest absolute Gasteiger partial charge is 0.339 e. The molecule has 0 bridgehead atoms. The molecule has 29 heavy (non-hydrogen) atoms. The van der Waals surface area contributed by atoms with Crippen LogP contribution in [0.2, 0.25) is 0 Å². The summed E-state index contributed by atoms with van der Waals surface area (Å²) >= 11 is 0. The lowest BCUT2D eigenvalue weighted by Crippen LogP contribution is -2.50. The molecule has 2 heterocycles. The van der Waals surface area contributed by atoms with Gasteiger partial charge in [0.05, 0.1) is 18.7 Å². The van der Waals surface area contributed by atoms with Gasteiger partial charge in [-0.25, -0.2) is 4.79 Å². The van der Waals surface area contributed by atoms with Crippen LogP contribution in [0, 0.1) is 0 Å². The highest BCUT2D eigenvalue weighted by Gasteiger charge is 2.27. The molecule has 156 valence electrons. The number of benzene rings is 1. The molecule has 1 aromatic carbocycles. The summed E-state index contributed by atoms with van der Waals surface area (Å²) in [4.78, 5) is 41.4. The zero-order valence-electron chi connectivity index (χ0n) is 17.2. The first-order valence-corrected chi connectivity index (χ1v) is 9.78. The molecule has 1 N–H and O–H groups in total. The van der Waals surface area contributed by atoms with Gasteiger partial charge in [0.1, 0.15) is 6.10 Å². The van der Waals surface area contributed by atoms with Crippen molar-refractivity contribution in [1.29, 1.82) is 0 Å². The number of rotatable bonds is 6. The van der Waals surface area contributed by atoms with Gasteiger partial charge in [0, 0.05) is 38.8 Å². The van der Waals surface area contributed by atoms with Crippen LogP contribution >= 0.6 is 0 Å². The lowest BCUT2D eigenvalue weighted by atomic mass is 10.0. The van der Waals surface area contributed by atoms with Crippen LogP contribution in [0.15, 0.2) is 30.3 Å². The lowest BCUT2D eigenvalue weighted by Gasteiger charge is -2.36. The molecule has 1 aromatic rings. The SMILES string of the molecule is CC(=O)NC[C@H]1C=C(c2ccc(N3CCN(C(=O)CN(C)C)CC3)cc2)C(=O)O1. The number of esters is 1. The molecule has 2 amide bonds. The number of amides is 2. The van der Waals surface area contributed by atoms with Crippen molar-refractivity contribution in [3.8, 4) is 0 Å². The van der Waals surface area contributed by atoms with Gasteiger partial charge in [-0.3, -0.25) is 9.59 Å². The zero-order chi connectivity index (χ0) is 21.0. The average Bonchev–Trinajstić information content (AvgIpc) is 3.07. The van der Waals surface area contributed by atoms with Crippen molar-refractivity contribution in [3.05, 3.63) is 35.9 Å². The summed E-state index contributed by atoms with van der Waals surface area (Å²) in [6, 6.07) is 7.79. The van der Waals surface area contributed by atoms with Crippen molar-refractivity contribution >= 4 is 29.0 Å². The Morgan fingerprint density at radius 1 is 1.14 bits per heavy atom. The van der Waals surface area contributed by atoms with E-state index in [4.69, 9.17) is 4.74 Å². The van der Waals surface area contributed by atoms with Crippen LogP contribution in [0.5, 0.6) is 0 Å². The number of nitrogens with one attached hydrogen (secondary N) is 1. The van der Waals surface area contributed by atoms with Crippen LogP contribution in [-0.4, -0.2) is 87.1 Å². The van der Waals surface area contributed by atoms with Gasteiger partial charge in [0.25, 0.3) is 0 Å². The Hall–Kier alpha value is -2.87. The van der Waals surface area contributed by atoms with E-state index in [1.54, 1.807) is 6.08 Å². The van der Waals surface area contributed by atoms with Gasteiger partial charge in [0.15, 0.2) is 0 Å². The molecule has 8 heteroatoms. The molecule has 0 spiro atoms. The Kier molecular flexibility index (Phi) is 6.53. The van der Waals surface area contributed by atoms with Crippen molar-refractivity contribution < 1.29 is 19.1 Å².